The van der Waals surface area contributed by atoms with Crippen LogP contribution >= 0.6 is 15.9 Å². The van der Waals surface area contributed by atoms with Crippen LogP contribution in [0.4, 0.5) is 5.69 Å². The Bertz CT molecular complexity index is 634. The lowest BCUT2D eigenvalue weighted by Gasteiger charge is -2.20. The molecule has 0 saturated heterocycles. The topological polar surface area (TPSA) is 54.7 Å². The zero-order valence-corrected chi connectivity index (χ0v) is 12.4. The highest BCUT2D eigenvalue weighted by atomic mass is 79.9. The summed E-state index contributed by atoms with van der Waals surface area (Å²) in [5, 5.41) is 0. The van der Waals surface area contributed by atoms with Crippen molar-refractivity contribution in [2.75, 3.05) is 5.73 Å². The first-order chi connectivity index (χ1) is 9.19. The van der Waals surface area contributed by atoms with E-state index in [4.69, 9.17) is 10.7 Å². The molecule has 3 N–H and O–H groups in total. The predicted octanol–water partition coefficient (Wildman–Crippen LogP) is 3.89. The van der Waals surface area contributed by atoms with Crippen LogP contribution in [-0.2, 0) is 6.42 Å². The molecule has 2 saturated carbocycles. The van der Waals surface area contributed by atoms with Crippen molar-refractivity contribution in [2.45, 2.75) is 32.1 Å². The maximum atomic E-state index is 6.03. The molecule has 3 nitrogen and oxygen atoms in total. The molecule has 1 aromatic carbocycles. The Labute approximate surface area is 121 Å². The van der Waals surface area contributed by atoms with Crippen LogP contribution in [0.15, 0.2) is 16.6 Å². The molecule has 4 heteroatoms. The highest BCUT2D eigenvalue weighted by molar-refractivity contribution is 9.10. The number of nitrogens with two attached hydrogens (primary N) is 1. The number of aromatic nitrogens is 2. The average Bonchev–Trinajstić information content (AvgIpc) is 3.03. The maximum absolute atomic E-state index is 6.03. The Morgan fingerprint density at radius 2 is 2.21 bits per heavy atom. The standard InChI is InChI=1S/C15H18BrN3/c16-11-6-12(17)15-13(7-11)18-14(19-15)5-10-4-8-1-2-9(10)3-8/h6-10H,1-5,17H2,(H,18,19). The first-order valence-corrected chi connectivity index (χ1v) is 7.92. The lowest BCUT2D eigenvalue weighted by molar-refractivity contribution is 0.327. The molecule has 2 aliphatic rings. The van der Waals surface area contributed by atoms with Gasteiger partial charge in [-0.05, 0) is 49.1 Å². The summed E-state index contributed by atoms with van der Waals surface area (Å²) < 4.78 is 1.01. The molecule has 100 valence electrons. The SMILES string of the molecule is Nc1cc(Br)cc2[nH]c(CC3CC4CCC3C4)nc12. The first-order valence-electron chi connectivity index (χ1n) is 7.12. The fourth-order valence-electron chi connectivity index (χ4n) is 4.13. The average molecular weight is 320 g/mol. The number of nitrogen functional groups attached to an aromatic ring is 1. The van der Waals surface area contributed by atoms with Crippen molar-refractivity contribution in [1.82, 2.24) is 9.97 Å². The van der Waals surface area contributed by atoms with Crippen LogP contribution in [0.1, 0.15) is 31.5 Å². The predicted molar refractivity (Wildman–Crippen MR) is 80.8 cm³/mol. The molecule has 4 rings (SSSR count). The fraction of sp³-hybridized carbons (Fsp3) is 0.533. The number of nitrogens with zero attached hydrogens (tertiary/aromatic N) is 1. The second-order valence-corrected chi connectivity index (χ2v) is 7.13. The van der Waals surface area contributed by atoms with Crippen LogP contribution in [0.3, 0.4) is 0 Å². The van der Waals surface area contributed by atoms with E-state index < -0.39 is 0 Å². The molecule has 2 aromatic rings. The van der Waals surface area contributed by atoms with Gasteiger partial charge < -0.3 is 10.7 Å². The van der Waals surface area contributed by atoms with Crippen LogP contribution in [0, 0.1) is 17.8 Å². The van der Waals surface area contributed by atoms with E-state index in [1.54, 1.807) is 0 Å². The molecule has 0 radical (unpaired) electrons. The molecule has 0 amide bonds. The molecule has 1 heterocycles. The molecule has 19 heavy (non-hydrogen) atoms. The van der Waals surface area contributed by atoms with Crippen molar-refractivity contribution in [1.29, 1.82) is 0 Å². The summed E-state index contributed by atoms with van der Waals surface area (Å²) in [6.07, 6.45) is 6.84. The van der Waals surface area contributed by atoms with Gasteiger partial charge in [-0.25, -0.2) is 4.98 Å². The molecule has 0 aliphatic heterocycles. The van der Waals surface area contributed by atoms with Gasteiger partial charge in [0.1, 0.15) is 11.3 Å². The Kier molecular flexibility index (Phi) is 2.62. The maximum Gasteiger partial charge on any atom is 0.112 e. The van der Waals surface area contributed by atoms with Gasteiger partial charge in [0, 0.05) is 10.9 Å². The normalized spacial score (nSPS) is 29.4. The molecule has 2 aliphatic carbocycles. The number of aromatic amines is 1. The van der Waals surface area contributed by atoms with E-state index in [9.17, 15) is 0 Å². The van der Waals surface area contributed by atoms with Crippen molar-refractivity contribution < 1.29 is 0 Å². The van der Waals surface area contributed by atoms with Crippen molar-refractivity contribution in [3.63, 3.8) is 0 Å². The van der Waals surface area contributed by atoms with Crippen molar-refractivity contribution in [3.8, 4) is 0 Å². The number of hydrogen-bond acceptors (Lipinski definition) is 2. The number of rotatable bonds is 2. The van der Waals surface area contributed by atoms with Crippen LogP contribution in [-0.4, -0.2) is 9.97 Å². The number of nitrogens with one attached hydrogen (secondary N) is 1. The van der Waals surface area contributed by atoms with Crippen LogP contribution < -0.4 is 5.73 Å². The zero-order valence-electron chi connectivity index (χ0n) is 10.8. The van der Waals surface area contributed by atoms with Crippen molar-refractivity contribution in [3.05, 3.63) is 22.4 Å². The minimum atomic E-state index is 0.750. The van der Waals surface area contributed by atoms with Gasteiger partial charge in [-0.15, -0.1) is 0 Å². The summed E-state index contributed by atoms with van der Waals surface area (Å²) >= 11 is 3.48. The van der Waals surface area contributed by atoms with Gasteiger partial charge in [0.2, 0.25) is 0 Å². The fourth-order valence-corrected chi connectivity index (χ4v) is 4.61. The quantitative estimate of drug-likeness (QED) is 0.825. The third kappa shape index (κ3) is 1.97. The van der Waals surface area contributed by atoms with E-state index in [1.807, 2.05) is 6.07 Å². The lowest BCUT2D eigenvalue weighted by Crippen LogP contribution is -2.13. The number of benzene rings is 1. The summed E-state index contributed by atoms with van der Waals surface area (Å²) in [5.41, 5.74) is 8.74. The lowest BCUT2D eigenvalue weighted by atomic mass is 9.86. The van der Waals surface area contributed by atoms with Crippen molar-refractivity contribution >= 4 is 32.7 Å². The molecular formula is C15H18BrN3. The van der Waals surface area contributed by atoms with E-state index in [0.717, 1.165) is 51.2 Å². The number of hydrogen-bond donors (Lipinski definition) is 2. The van der Waals surface area contributed by atoms with Gasteiger partial charge in [0.15, 0.2) is 0 Å². The Hall–Kier alpha value is -1.03. The highest BCUT2D eigenvalue weighted by Crippen LogP contribution is 2.49. The Morgan fingerprint density at radius 1 is 1.32 bits per heavy atom. The van der Waals surface area contributed by atoms with Gasteiger partial charge >= 0.3 is 0 Å². The summed E-state index contributed by atoms with van der Waals surface area (Å²) in [6.45, 7) is 0. The molecule has 2 fully saturated rings. The first kappa shape index (κ1) is 11.8. The molecule has 1 aromatic heterocycles. The number of halogens is 1. The van der Waals surface area contributed by atoms with E-state index in [0.29, 0.717) is 0 Å². The monoisotopic (exact) mass is 319 g/mol. The van der Waals surface area contributed by atoms with Gasteiger partial charge in [0.25, 0.3) is 0 Å². The summed E-state index contributed by atoms with van der Waals surface area (Å²) in [5.74, 6) is 3.89. The summed E-state index contributed by atoms with van der Waals surface area (Å²) in [7, 11) is 0. The number of H-pyrrole nitrogens is 1. The number of imidazole rings is 1. The Balaban J connectivity index is 1.63. The minimum Gasteiger partial charge on any atom is -0.397 e. The van der Waals surface area contributed by atoms with Crippen LogP contribution in [0.2, 0.25) is 0 Å². The molecule has 2 bridgehead atoms. The Morgan fingerprint density at radius 3 is 2.95 bits per heavy atom. The third-order valence-corrected chi connectivity index (χ3v) is 5.43. The number of fused-ring (bicyclic) bond motifs is 3. The third-order valence-electron chi connectivity index (χ3n) is 4.97. The zero-order chi connectivity index (χ0) is 13.0. The summed E-state index contributed by atoms with van der Waals surface area (Å²) in [6, 6.07) is 3.98. The van der Waals surface area contributed by atoms with Gasteiger partial charge in [-0.2, -0.15) is 0 Å². The van der Waals surface area contributed by atoms with E-state index >= 15 is 0 Å². The second kappa shape index (κ2) is 4.23. The van der Waals surface area contributed by atoms with E-state index in [2.05, 4.69) is 27.0 Å². The summed E-state index contributed by atoms with van der Waals surface area (Å²) in [4.78, 5) is 8.14. The molecule has 0 spiro atoms. The minimum absolute atomic E-state index is 0.750. The number of anilines is 1. The highest BCUT2D eigenvalue weighted by Gasteiger charge is 2.39. The molecule has 3 unspecified atom stereocenters. The largest absolute Gasteiger partial charge is 0.397 e. The van der Waals surface area contributed by atoms with Crippen LogP contribution in [0.25, 0.3) is 11.0 Å². The van der Waals surface area contributed by atoms with E-state index in [1.165, 1.54) is 25.7 Å². The van der Waals surface area contributed by atoms with Gasteiger partial charge in [-0.1, -0.05) is 22.4 Å². The smallest absolute Gasteiger partial charge is 0.112 e. The van der Waals surface area contributed by atoms with Gasteiger partial charge in [0.05, 0.1) is 11.2 Å². The van der Waals surface area contributed by atoms with Crippen molar-refractivity contribution in [2.24, 2.45) is 17.8 Å². The van der Waals surface area contributed by atoms with Gasteiger partial charge in [-0.3, -0.25) is 0 Å². The van der Waals surface area contributed by atoms with Crippen LogP contribution in [0.5, 0.6) is 0 Å². The molecular weight excluding hydrogens is 302 g/mol. The second-order valence-electron chi connectivity index (χ2n) is 6.21. The molecule has 3 atom stereocenters. The van der Waals surface area contributed by atoms with E-state index in [-0.39, 0.29) is 0 Å².